The fraction of sp³-hybridized carbons (Fsp3) is 0.231. The summed E-state index contributed by atoms with van der Waals surface area (Å²) in [5, 5.41) is 7.76. The fourth-order valence-corrected chi connectivity index (χ4v) is 3.53. The topological polar surface area (TPSA) is 69.3 Å². The lowest BCUT2D eigenvalue weighted by molar-refractivity contribution is 0.0992. The highest BCUT2D eigenvalue weighted by molar-refractivity contribution is 6.30. The lowest BCUT2D eigenvalue weighted by Gasteiger charge is -2.19. The molecule has 0 radical (unpaired) electrons. The number of nitrogens with one attached hydrogen (secondary N) is 1. The Bertz CT molecular complexity index is 1240. The molecule has 6 nitrogen and oxygen atoms in total. The quantitative estimate of drug-likeness (QED) is 0.349. The van der Waals surface area contributed by atoms with Crippen molar-refractivity contribution in [1.82, 2.24) is 9.78 Å². The maximum absolute atomic E-state index is 12.5. The van der Waals surface area contributed by atoms with E-state index in [0.29, 0.717) is 23.0 Å². The third-order valence-corrected chi connectivity index (χ3v) is 5.35. The summed E-state index contributed by atoms with van der Waals surface area (Å²) in [5.41, 5.74) is 2.93. The first-order valence-corrected chi connectivity index (χ1v) is 11.0. The lowest BCUT2D eigenvalue weighted by Crippen LogP contribution is -2.10. The van der Waals surface area contributed by atoms with Gasteiger partial charge in [-0.2, -0.15) is 5.10 Å². The van der Waals surface area contributed by atoms with E-state index in [9.17, 15) is 4.79 Å². The van der Waals surface area contributed by atoms with Gasteiger partial charge >= 0.3 is 0 Å². The molecular formula is C26H26ClN3O3. The highest BCUT2D eigenvalue weighted by Crippen LogP contribution is 2.25. The van der Waals surface area contributed by atoms with Crippen LogP contribution in [0, 0.1) is 0 Å². The molecule has 2 aromatic carbocycles. The number of rotatable bonds is 7. The number of amides is 1. The summed E-state index contributed by atoms with van der Waals surface area (Å²) < 4.78 is 13.2. The van der Waals surface area contributed by atoms with Crippen LogP contribution >= 0.6 is 11.6 Å². The summed E-state index contributed by atoms with van der Waals surface area (Å²) in [6, 6.07) is 18.9. The second kappa shape index (κ2) is 9.55. The molecule has 0 aliphatic carbocycles. The molecule has 4 rings (SSSR count). The van der Waals surface area contributed by atoms with E-state index < -0.39 is 0 Å². The van der Waals surface area contributed by atoms with Gasteiger partial charge in [0.05, 0.1) is 18.4 Å². The van der Waals surface area contributed by atoms with Gasteiger partial charge in [0.1, 0.15) is 18.1 Å². The molecule has 0 aliphatic heterocycles. The first-order chi connectivity index (χ1) is 15.8. The smallest absolute Gasteiger partial charge is 0.291 e. The van der Waals surface area contributed by atoms with Crippen molar-refractivity contribution in [3.05, 3.63) is 101 Å². The van der Waals surface area contributed by atoms with Gasteiger partial charge in [0, 0.05) is 11.2 Å². The minimum Gasteiger partial charge on any atom is -0.486 e. The van der Waals surface area contributed by atoms with E-state index in [-0.39, 0.29) is 23.7 Å². The van der Waals surface area contributed by atoms with Gasteiger partial charge in [-0.15, -0.1) is 0 Å². The van der Waals surface area contributed by atoms with Gasteiger partial charge in [0.2, 0.25) is 0 Å². The molecule has 170 valence electrons. The van der Waals surface area contributed by atoms with Crippen molar-refractivity contribution in [2.24, 2.45) is 0 Å². The van der Waals surface area contributed by atoms with Gasteiger partial charge in [-0.1, -0.05) is 56.6 Å². The zero-order chi connectivity index (χ0) is 23.4. The number of carbonyl (C=O) groups is 1. The van der Waals surface area contributed by atoms with E-state index in [1.807, 2.05) is 36.4 Å². The van der Waals surface area contributed by atoms with Crippen LogP contribution in [0.2, 0.25) is 5.02 Å². The average molecular weight is 464 g/mol. The average Bonchev–Trinajstić information content (AvgIpc) is 3.42. The molecule has 2 aromatic heterocycles. The Labute approximate surface area is 198 Å². The predicted octanol–water partition coefficient (Wildman–Crippen LogP) is 6.31. The second-order valence-corrected chi connectivity index (χ2v) is 9.28. The van der Waals surface area contributed by atoms with Crippen LogP contribution in [0.25, 0.3) is 0 Å². The molecule has 33 heavy (non-hydrogen) atoms. The standard InChI is InChI=1S/C26H26ClN3O3/c1-26(2,3)19-7-9-22(10-8-19)32-17-23-11-12-24(33-23)25(31)29-21-14-28-30(16-21)15-18-5-4-6-20(27)13-18/h4-14,16H,15,17H2,1-3H3,(H,29,31). The Morgan fingerprint density at radius 1 is 1.12 bits per heavy atom. The van der Waals surface area contributed by atoms with Crippen molar-refractivity contribution in [3.8, 4) is 5.75 Å². The van der Waals surface area contributed by atoms with Crippen LogP contribution in [-0.4, -0.2) is 15.7 Å². The molecule has 0 bridgehead atoms. The Balaban J connectivity index is 1.31. The summed E-state index contributed by atoms with van der Waals surface area (Å²) >= 11 is 6.03. The van der Waals surface area contributed by atoms with E-state index in [4.69, 9.17) is 20.8 Å². The number of carbonyl (C=O) groups excluding carboxylic acids is 1. The normalized spacial score (nSPS) is 11.4. The molecule has 7 heteroatoms. The van der Waals surface area contributed by atoms with Crippen LogP contribution in [0.1, 0.15) is 48.2 Å². The van der Waals surface area contributed by atoms with E-state index in [1.165, 1.54) is 5.56 Å². The molecule has 1 amide bonds. The molecule has 0 fully saturated rings. The van der Waals surface area contributed by atoms with Gasteiger partial charge in [0.25, 0.3) is 5.91 Å². The highest BCUT2D eigenvalue weighted by atomic mass is 35.5. The number of anilines is 1. The second-order valence-electron chi connectivity index (χ2n) is 8.84. The van der Waals surface area contributed by atoms with Crippen molar-refractivity contribution >= 4 is 23.2 Å². The molecule has 0 unspecified atom stereocenters. The monoisotopic (exact) mass is 463 g/mol. The van der Waals surface area contributed by atoms with E-state index in [2.05, 4.69) is 43.3 Å². The molecule has 2 heterocycles. The Morgan fingerprint density at radius 3 is 2.64 bits per heavy atom. The first kappa shape index (κ1) is 22.7. The lowest BCUT2D eigenvalue weighted by atomic mass is 9.87. The minimum absolute atomic E-state index is 0.0908. The number of benzene rings is 2. The van der Waals surface area contributed by atoms with Gasteiger partial charge < -0.3 is 14.5 Å². The minimum atomic E-state index is -0.349. The van der Waals surface area contributed by atoms with Crippen molar-refractivity contribution in [2.45, 2.75) is 39.3 Å². The summed E-state index contributed by atoms with van der Waals surface area (Å²) in [7, 11) is 0. The maximum Gasteiger partial charge on any atom is 0.291 e. The molecule has 0 atom stereocenters. The summed E-state index contributed by atoms with van der Waals surface area (Å²) in [5.74, 6) is 1.17. The number of furan rings is 1. The van der Waals surface area contributed by atoms with Crippen LogP contribution < -0.4 is 10.1 Å². The SMILES string of the molecule is CC(C)(C)c1ccc(OCc2ccc(C(=O)Nc3cnn(Cc4cccc(Cl)c4)c3)o2)cc1. The summed E-state index contributed by atoms with van der Waals surface area (Å²) in [6.45, 7) is 7.29. The number of nitrogens with zero attached hydrogens (tertiary/aromatic N) is 2. The van der Waals surface area contributed by atoms with Crippen LogP contribution in [0.15, 0.2) is 77.5 Å². The van der Waals surface area contributed by atoms with E-state index in [1.54, 1.807) is 29.2 Å². The molecule has 1 N–H and O–H groups in total. The van der Waals surface area contributed by atoms with E-state index in [0.717, 1.165) is 11.3 Å². The van der Waals surface area contributed by atoms with Crippen LogP contribution in [0.3, 0.4) is 0 Å². The zero-order valence-corrected chi connectivity index (χ0v) is 19.6. The number of hydrogen-bond acceptors (Lipinski definition) is 4. The first-order valence-electron chi connectivity index (χ1n) is 10.7. The highest BCUT2D eigenvalue weighted by Gasteiger charge is 2.15. The van der Waals surface area contributed by atoms with Crippen LogP contribution in [0.4, 0.5) is 5.69 Å². The molecule has 4 aromatic rings. The Hall–Kier alpha value is -3.51. The third kappa shape index (κ3) is 6.05. The van der Waals surface area contributed by atoms with Crippen molar-refractivity contribution in [1.29, 1.82) is 0 Å². The maximum atomic E-state index is 12.5. The van der Waals surface area contributed by atoms with Crippen LogP contribution in [-0.2, 0) is 18.6 Å². The molecule has 0 saturated carbocycles. The van der Waals surface area contributed by atoms with Crippen molar-refractivity contribution in [3.63, 3.8) is 0 Å². The van der Waals surface area contributed by atoms with E-state index >= 15 is 0 Å². The summed E-state index contributed by atoms with van der Waals surface area (Å²) in [6.07, 6.45) is 3.35. The molecular weight excluding hydrogens is 438 g/mol. The Morgan fingerprint density at radius 2 is 1.91 bits per heavy atom. The van der Waals surface area contributed by atoms with Gasteiger partial charge in [-0.25, -0.2) is 0 Å². The zero-order valence-electron chi connectivity index (χ0n) is 18.8. The molecule has 0 saturated heterocycles. The summed E-state index contributed by atoms with van der Waals surface area (Å²) in [4.78, 5) is 12.5. The van der Waals surface area contributed by atoms with Crippen LogP contribution in [0.5, 0.6) is 5.75 Å². The largest absolute Gasteiger partial charge is 0.486 e. The predicted molar refractivity (Wildman–Crippen MR) is 129 cm³/mol. The van der Waals surface area contributed by atoms with Crippen molar-refractivity contribution in [2.75, 3.05) is 5.32 Å². The van der Waals surface area contributed by atoms with Gasteiger partial charge in [-0.3, -0.25) is 9.48 Å². The molecule has 0 aliphatic rings. The number of aromatic nitrogens is 2. The molecule has 0 spiro atoms. The van der Waals surface area contributed by atoms with Gasteiger partial charge in [-0.05, 0) is 52.9 Å². The fourth-order valence-electron chi connectivity index (χ4n) is 3.31. The third-order valence-electron chi connectivity index (χ3n) is 5.11. The number of halogens is 1. The van der Waals surface area contributed by atoms with Gasteiger partial charge in [0.15, 0.2) is 5.76 Å². The number of hydrogen-bond donors (Lipinski definition) is 1. The number of ether oxygens (including phenoxy) is 1. The Kier molecular flexibility index (Phi) is 6.56. The van der Waals surface area contributed by atoms with Crippen molar-refractivity contribution < 1.29 is 13.9 Å².